The number of para-hydroxylation sites is 1. The van der Waals surface area contributed by atoms with Crippen LogP contribution in [0.5, 0.6) is 0 Å². The molecule has 0 spiro atoms. The van der Waals surface area contributed by atoms with E-state index in [0.29, 0.717) is 23.4 Å². The first-order valence-electron chi connectivity index (χ1n) is 9.92. The Bertz CT molecular complexity index is 1150. The van der Waals surface area contributed by atoms with Crippen LogP contribution in [-0.4, -0.2) is 27.5 Å². The number of benzene rings is 3. The Balaban J connectivity index is 1.91. The van der Waals surface area contributed by atoms with Crippen LogP contribution in [-0.2, 0) is 14.8 Å². The number of rotatable bonds is 8. The zero-order valence-electron chi connectivity index (χ0n) is 17.6. The lowest BCUT2D eigenvalue weighted by Crippen LogP contribution is -2.32. The number of sulfonamides is 1. The lowest BCUT2D eigenvalue weighted by molar-refractivity contribution is 0.0526. The number of carbonyl (C=O) groups excluding carboxylic acids is 1. The summed E-state index contributed by atoms with van der Waals surface area (Å²) in [6, 6.07) is 22.5. The van der Waals surface area contributed by atoms with Gasteiger partial charge in [-0.1, -0.05) is 54.6 Å². The van der Waals surface area contributed by atoms with Crippen LogP contribution in [0.15, 0.2) is 90.3 Å². The monoisotopic (exact) mass is 435 g/mol. The van der Waals surface area contributed by atoms with Crippen LogP contribution >= 0.6 is 0 Å². The lowest BCUT2D eigenvalue weighted by Gasteiger charge is -2.25. The van der Waals surface area contributed by atoms with Crippen molar-refractivity contribution >= 4 is 27.3 Å². The van der Waals surface area contributed by atoms with Gasteiger partial charge in [0.1, 0.15) is 0 Å². The SMILES string of the molecule is C=C(CN(c1ccccc1)S(=O)(=O)c1ccc(C)cc1)c1ccc(C(=O)OCC)cc1. The third-order valence-electron chi connectivity index (χ3n) is 4.79. The summed E-state index contributed by atoms with van der Waals surface area (Å²) >= 11 is 0. The Morgan fingerprint density at radius 1 is 0.903 bits per heavy atom. The van der Waals surface area contributed by atoms with Crippen molar-refractivity contribution < 1.29 is 17.9 Å². The van der Waals surface area contributed by atoms with E-state index in [-0.39, 0.29) is 11.4 Å². The van der Waals surface area contributed by atoms with Crippen molar-refractivity contribution in [3.05, 3.63) is 102 Å². The van der Waals surface area contributed by atoms with Crippen LogP contribution in [0, 0.1) is 6.92 Å². The third-order valence-corrected chi connectivity index (χ3v) is 6.58. The second kappa shape index (κ2) is 9.62. The summed E-state index contributed by atoms with van der Waals surface area (Å²) in [5.74, 6) is -0.396. The molecule has 0 atom stereocenters. The van der Waals surface area contributed by atoms with E-state index < -0.39 is 16.0 Å². The molecule has 0 heterocycles. The highest BCUT2D eigenvalue weighted by atomic mass is 32.2. The fraction of sp³-hybridized carbons (Fsp3) is 0.160. The highest BCUT2D eigenvalue weighted by Crippen LogP contribution is 2.27. The first-order chi connectivity index (χ1) is 14.8. The van der Waals surface area contributed by atoms with Crippen LogP contribution < -0.4 is 4.31 Å². The molecule has 6 heteroatoms. The second-order valence-corrected chi connectivity index (χ2v) is 8.92. The number of esters is 1. The molecular formula is C25H25NO4S. The minimum atomic E-state index is -3.80. The molecule has 0 saturated carbocycles. The Morgan fingerprint density at radius 3 is 2.06 bits per heavy atom. The van der Waals surface area contributed by atoms with Crippen molar-refractivity contribution in [2.24, 2.45) is 0 Å². The van der Waals surface area contributed by atoms with E-state index in [2.05, 4.69) is 6.58 Å². The van der Waals surface area contributed by atoms with E-state index in [1.807, 2.05) is 13.0 Å². The van der Waals surface area contributed by atoms with Gasteiger partial charge in [0.2, 0.25) is 0 Å². The maximum atomic E-state index is 13.4. The summed E-state index contributed by atoms with van der Waals surface area (Å²) in [6.45, 7) is 8.13. The van der Waals surface area contributed by atoms with Crippen molar-refractivity contribution in [3.8, 4) is 0 Å². The van der Waals surface area contributed by atoms with Crippen molar-refractivity contribution in [1.29, 1.82) is 0 Å². The van der Waals surface area contributed by atoms with Gasteiger partial charge >= 0.3 is 5.97 Å². The summed E-state index contributed by atoms with van der Waals surface area (Å²) in [4.78, 5) is 12.1. The molecule has 0 bridgehead atoms. The Morgan fingerprint density at radius 2 is 1.48 bits per heavy atom. The molecule has 3 aromatic rings. The van der Waals surface area contributed by atoms with Crippen molar-refractivity contribution in [1.82, 2.24) is 0 Å². The number of aryl methyl sites for hydroxylation is 1. The average molecular weight is 436 g/mol. The van der Waals surface area contributed by atoms with Crippen LogP contribution in [0.25, 0.3) is 5.57 Å². The normalized spacial score (nSPS) is 11.0. The summed E-state index contributed by atoms with van der Waals surface area (Å²) < 4.78 is 33.3. The summed E-state index contributed by atoms with van der Waals surface area (Å²) in [7, 11) is -3.80. The predicted octanol–water partition coefficient (Wildman–Crippen LogP) is 5.08. The summed E-state index contributed by atoms with van der Waals surface area (Å²) in [5.41, 5.74) is 3.32. The molecule has 0 aliphatic rings. The van der Waals surface area contributed by atoms with Crippen molar-refractivity contribution in [2.75, 3.05) is 17.5 Å². The molecule has 3 aromatic carbocycles. The van der Waals surface area contributed by atoms with E-state index in [9.17, 15) is 13.2 Å². The molecule has 0 aliphatic carbocycles. The van der Waals surface area contributed by atoms with Gasteiger partial charge in [0, 0.05) is 0 Å². The van der Waals surface area contributed by atoms with Gasteiger partial charge < -0.3 is 4.74 Å². The molecule has 3 rings (SSSR count). The van der Waals surface area contributed by atoms with Gasteiger partial charge in [0.25, 0.3) is 10.0 Å². The highest BCUT2D eigenvalue weighted by Gasteiger charge is 2.25. The zero-order chi connectivity index (χ0) is 22.4. The van der Waals surface area contributed by atoms with Gasteiger partial charge in [-0.15, -0.1) is 0 Å². The summed E-state index contributed by atoms with van der Waals surface area (Å²) in [6.07, 6.45) is 0. The molecule has 0 amide bonds. The Labute approximate surface area is 183 Å². The number of hydrogen-bond acceptors (Lipinski definition) is 4. The first-order valence-corrected chi connectivity index (χ1v) is 11.4. The molecule has 0 N–H and O–H groups in total. The minimum absolute atomic E-state index is 0.0684. The number of nitrogens with zero attached hydrogens (tertiary/aromatic N) is 1. The van der Waals surface area contributed by atoms with Gasteiger partial charge in [0.15, 0.2) is 0 Å². The molecule has 5 nitrogen and oxygen atoms in total. The first kappa shape index (κ1) is 22.3. The van der Waals surface area contributed by atoms with Crippen LogP contribution in [0.2, 0.25) is 0 Å². The topological polar surface area (TPSA) is 63.7 Å². The summed E-state index contributed by atoms with van der Waals surface area (Å²) in [5, 5.41) is 0. The zero-order valence-corrected chi connectivity index (χ0v) is 18.4. The number of anilines is 1. The molecule has 160 valence electrons. The molecule has 0 fully saturated rings. The second-order valence-electron chi connectivity index (χ2n) is 7.06. The maximum Gasteiger partial charge on any atom is 0.338 e. The fourth-order valence-electron chi connectivity index (χ4n) is 3.07. The van der Waals surface area contributed by atoms with Gasteiger partial charge in [0.05, 0.1) is 29.3 Å². The molecule has 0 radical (unpaired) electrons. The van der Waals surface area contributed by atoms with Crippen molar-refractivity contribution in [2.45, 2.75) is 18.7 Å². The number of carbonyl (C=O) groups is 1. The van der Waals surface area contributed by atoms with Gasteiger partial charge in [-0.05, 0) is 61.4 Å². The molecule has 0 aliphatic heterocycles. The van der Waals surface area contributed by atoms with Crippen LogP contribution in [0.3, 0.4) is 0 Å². The van der Waals surface area contributed by atoms with Crippen LogP contribution in [0.1, 0.15) is 28.4 Å². The minimum Gasteiger partial charge on any atom is -0.462 e. The van der Waals surface area contributed by atoms with Gasteiger partial charge in [-0.2, -0.15) is 0 Å². The Hall–Kier alpha value is -3.38. The molecule has 0 unspecified atom stereocenters. The van der Waals surface area contributed by atoms with E-state index in [0.717, 1.165) is 11.1 Å². The Kier molecular flexibility index (Phi) is 6.92. The van der Waals surface area contributed by atoms with Gasteiger partial charge in [-0.25, -0.2) is 13.2 Å². The fourth-order valence-corrected chi connectivity index (χ4v) is 4.53. The molecule has 0 aromatic heterocycles. The number of ether oxygens (including phenoxy) is 1. The maximum absolute atomic E-state index is 13.4. The van der Waals surface area contributed by atoms with E-state index in [1.165, 1.54) is 4.31 Å². The average Bonchev–Trinajstić information content (AvgIpc) is 2.78. The quantitative estimate of drug-likeness (QED) is 0.463. The van der Waals surface area contributed by atoms with Crippen LogP contribution in [0.4, 0.5) is 5.69 Å². The lowest BCUT2D eigenvalue weighted by atomic mass is 10.1. The van der Waals surface area contributed by atoms with E-state index in [4.69, 9.17) is 4.74 Å². The highest BCUT2D eigenvalue weighted by molar-refractivity contribution is 7.92. The molecular weight excluding hydrogens is 410 g/mol. The molecule has 0 saturated heterocycles. The van der Waals surface area contributed by atoms with Crippen molar-refractivity contribution in [3.63, 3.8) is 0 Å². The third kappa shape index (κ3) is 5.22. The standard InChI is InChI=1S/C25H25NO4S/c1-4-30-25(27)22-14-12-21(13-15-22)20(3)18-26(23-8-6-5-7-9-23)31(28,29)24-16-10-19(2)11-17-24/h5-17H,3-4,18H2,1-2H3. The van der Waals surface area contributed by atoms with Gasteiger partial charge in [-0.3, -0.25) is 4.31 Å². The largest absolute Gasteiger partial charge is 0.462 e. The smallest absolute Gasteiger partial charge is 0.338 e. The predicted molar refractivity (Wildman–Crippen MR) is 124 cm³/mol. The number of hydrogen-bond donors (Lipinski definition) is 0. The van der Waals surface area contributed by atoms with E-state index in [1.54, 1.807) is 79.7 Å². The van der Waals surface area contributed by atoms with E-state index >= 15 is 0 Å². The molecule has 31 heavy (non-hydrogen) atoms.